The fraction of sp³-hybridized carbons (Fsp3) is 0.500. The molecular weight excluding hydrogens is 354 g/mol. The van der Waals surface area contributed by atoms with Gasteiger partial charge in [-0.3, -0.25) is 9.59 Å². The lowest BCUT2D eigenvalue weighted by molar-refractivity contribution is -0.154. The predicted octanol–water partition coefficient (Wildman–Crippen LogP) is -0.443. The van der Waals surface area contributed by atoms with E-state index in [-0.39, 0.29) is 18.2 Å². The highest BCUT2D eigenvalue weighted by molar-refractivity contribution is 5.80. The molecule has 9 heteroatoms. The van der Waals surface area contributed by atoms with Gasteiger partial charge in [0, 0.05) is 0 Å². The van der Waals surface area contributed by atoms with Gasteiger partial charge >= 0.3 is 17.9 Å². The molecule has 27 heavy (non-hydrogen) atoms. The first-order chi connectivity index (χ1) is 12.8. The van der Waals surface area contributed by atoms with E-state index in [1.807, 2.05) is 0 Å². The minimum Gasteiger partial charge on any atom is -0.480 e. The van der Waals surface area contributed by atoms with Crippen molar-refractivity contribution < 1.29 is 29.0 Å². The molecule has 4 atom stereocenters. The standard InChI is InChI=1S/C18H25N3O6/c1-10(26-17(24)14-3-2-8-21-14)15(20)18(25)27-12-6-4-11(5-7-12)9-13(19)16(22)23/h4-7,10,13-15,21H,2-3,8-9,19-20H2,1H3,(H,22,23)/t10-,13?,14+,15+/m1/s1. The van der Waals surface area contributed by atoms with Gasteiger partial charge in [0.05, 0.1) is 0 Å². The summed E-state index contributed by atoms with van der Waals surface area (Å²) < 4.78 is 10.4. The van der Waals surface area contributed by atoms with E-state index in [0.717, 1.165) is 13.0 Å². The third-order valence-corrected chi connectivity index (χ3v) is 4.34. The van der Waals surface area contributed by atoms with Crippen molar-refractivity contribution in [2.24, 2.45) is 11.5 Å². The van der Waals surface area contributed by atoms with Crippen LogP contribution >= 0.6 is 0 Å². The van der Waals surface area contributed by atoms with E-state index in [9.17, 15) is 14.4 Å². The molecule has 148 valence electrons. The summed E-state index contributed by atoms with van der Waals surface area (Å²) in [6, 6.07) is 3.78. The molecule has 0 aromatic heterocycles. The van der Waals surface area contributed by atoms with Crippen LogP contribution in [0, 0.1) is 0 Å². The number of rotatable bonds is 8. The van der Waals surface area contributed by atoms with E-state index in [2.05, 4.69) is 5.32 Å². The van der Waals surface area contributed by atoms with Crippen molar-refractivity contribution in [2.75, 3.05) is 6.54 Å². The van der Waals surface area contributed by atoms with Crippen LogP contribution in [-0.2, 0) is 25.5 Å². The lowest BCUT2D eigenvalue weighted by Gasteiger charge is -2.21. The molecule has 0 radical (unpaired) electrons. The molecule has 0 amide bonds. The monoisotopic (exact) mass is 379 g/mol. The van der Waals surface area contributed by atoms with Gasteiger partial charge in [-0.05, 0) is 50.4 Å². The van der Waals surface area contributed by atoms with Gasteiger partial charge in [-0.15, -0.1) is 0 Å². The van der Waals surface area contributed by atoms with Crippen LogP contribution < -0.4 is 21.5 Å². The SMILES string of the molecule is C[C@@H](OC(=O)[C@@H]1CCCN1)[C@H](N)C(=O)Oc1ccc(CC(N)C(=O)O)cc1. The number of carbonyl (C=O) groups excluding carboxylic acids is 2. The minimum absolute atomic E-state index is 0.158. The van der Waals surface area contributed by atoms with Crippen molar-refractivity contribution >= 4 is 17.9 Å². The summed E-state index contributed by atoms with van der Waals surface area (Å²) in [7, 11) is 0. The first-order valence-electron chi connectivity index (χ1n) is 8.76. The Morgan fingerprint density at radius 1 is 1.26 bits per heavy atom. The Balaban J connectivity index is 1.85. The van der Waals surface area contributed by atoms with Gasteiger partial charge in [0.25, 0.3) is 0 Å². The number of benzene rings is 1. The summed E-state index contributed by atoms with van der Waals surface area (Å²) >= 11 is 0. The number of carboxylic acids is 1. The lowest BCUT2D eigenvalue weighted by Crippen LogP contribution is -2.47. The van der Waals surface area contributed by atoms with E-state index < -0.39 is 36.1 Å². The van der Waals surface area contributed by atoms with Crippen LogP contribution in [0.1, 0.15) is 25.3 Å². The van der Waals surface area contributed by atoms with Gasteiger partial charge in [-0.25, -0.2) is 4.79 Å². The third kappa shape index (κ3) is 6.02. The maximum atomic E-state index is 12.2. The predicted molar refractivity (Wildman–Crippen MR) is 95.9 cm³/mol. The highest BCUT2D eigenvalue weighted by Crippen LogP contribution is 2.15. The van der Waals surface area contributed by atoms with Crippen molar-refractivity contribution in [2.45, 2.75) is 50.4 Å². The largest absolute Gasteiger partial charge is 0.480 e. The number of carboxylic acid groups (broad SMARTS) is 1. The molecule has 1 aliphatic heterocycles. The van der Waals surface area contributed by atoms with Crippen LogP contribution in [0.2, 0.25) is 0 Å². The summed E-state index contributed by atoms with van der Waals surface area (Å²) in [5, 5.41) is 11.8. The maximum absolute atomic E-state index is 12.2. The first-order valence-corrected chi connectivity index (χ1v) is 8.76. The molecule has 0 saturated carbocycles. The molecule has 1 heterocycles. The van der Waals surface area contributed by atoms with E-state index in [0.29, 0.717) is 12.0 Å². The Hall–Kier alpha value is -2.49. The molecule has 1 fully saturated rings. The summed E-state index contributed by atoms with van der Waals surface area (Å²) in [4.78, 5) is 34.9. The first kappa shape index (κ1) is 20.8. The summed E-state index contributed by atoms with van der Waals surface area (Å²) in [5.74, 6) is -2.00. The molecule has 1 unspecified atom stereocenters. The molecule has 1 saturated heterocycles. The Kier molecular flexibility index (Phi) is 7.28. The Morgan fingerprint density at radius 2 is 1.93 bits per heavy atom. The molecule has 1 aromatic rings. The highest BCUT2D eigenvalue weighted by atomic mass is 16.6. The third-order valence-electron chi connectivity index (χ3n) is 4.34. The number of esters is 2. The van der Waals surface area contributed by atoms with Gasteiger partial charge in [0.15, 0.2) is 0 Å². The summed E-state index contributed by atoms with van der Waals surface area (Å²) in [6.07, 6.45) is 0.921. The molecular formula is C18H25N3O6. The number of hydrogen-bond acceptors (Lipinski definition) is 8. The van der Waals surface area contributed by atoms with Gasteiger partial charge < -0.3 is 31.4 Å². The number of aliphatic carboxylic acids is 1. The smallest absolute Gasteiger partial charge is 0.332 e. The molecule has 1 aromatic carbocycles. The lowest BCUT2D eigenvalue weighted by atomic mass is 10.1. The van der Waals surface area contributed by atoms with Crippen molar-refractivity contribution in [1.29, 1.82) is 0 Å². The van der Waals surface area contributed by atoms with Crippen LogP contribution in [0.25, 0.3) is 0 Å². The number of carbonyl (C=O) groups is 3. The average molecular weight is 379 g/mol. The molecule has 0 spiro atoms. The molecule has 0 aliphatic carbocycles. The topological polar surface area (TPSA) is 154 Å². The Morgan fingerprint density at radius 3 is 2.48 bits per heavy atom. The van der Waals surface area contributed by atoms with E-state index >= 15 is 0 Å². The van der Waals surface area contributed by atoms with Gasteiger partial charge in [-0.2, -0.15) is 0 Å². The molecule has 9 nitrogen and oxygen atoms in total. The van der Waals surface area contributed by atoms with E-state index in [1.54, 1.807) is 12.1 Å². The van der Waals surface area contributed by atoms with Crippen LogP contribution in [0.15, 0.2) is 24.3 Å². The van der Waals surface area contributed by atoms with Crippen LogP contribution in [-0.4, -0.2) is 53.8 Å². The van der Waals surface area contributed by atoms with Gasteiger partial charge in [-0.1, -0.05) is 12.1 Å². The Labute approximate surface area is 157 Å². The zero-order valence-electron chi connectivity index (χ0n) is 15.1. The van der Waals surface area contributed by atoms with E-state index in [1.165, 1.54) is 19.1 Å². The number of ether oxygens (including phenoxy) is 2. The second-order valence-electron chi connectivity index (χ2n) is 6.53. The minimum atomic E-state index is -1.13. The normalized spacial score (nSPS) is 19.7. The van der Waals surface area contributed by atoms with Crippen molar-refractivity contribution in [1.82, 2.24) is 5.32 Å². The number of nitrogens with one attached hydrogen (secondary N) is 1. The Bertz CT molecular complexity index is 672. The summed E-state index contributed by atoms with van der Waals surface area (Å²) in [6.45, 7) is 2.30. The second-order valence-corrected chi connectivity index (χ2v) is 6.53. The van der Waals surface area contributed by atoms with Crippen molar-refractivity contribution in [3.63, 3.8) is 0 Å². The zero-order chi connectivity index (χ0) is 20.0. The van der Waals surface area contributed by atoms with Crippen molar-refractivity contribution in [3.8, 4) is 5.75 Å². The summed E-state index contributed by atoms with van der Waals surface area (Å²) in [5.41, 5.74) is 12.0. The maximum Gasteiger partial charge on any atom is 0.332 e. The molecule has 6 N–H and O–H groups in total. The highest BCUT2D eigenvalue weighted by Gasteiger charge is 2.30. The fourth-order valence-electron chi connectivity index (χ4n) is 2.64. The fourth-order valence-corrected chi connectivity index (χ4v) is 2.64. The van der Waals surface area contributed by atoms with Gasteiger partial charge in [0.2, 0.25) is 0 Å². The van der Waals surface area contributed by atoms with Crippen LogP contribution in [0.4, 0.5) is 0 Å². The van der Waals surface area contributed by atoms with E-state index in [4.69, 9.17) is 26.0 Å². The molecule has 1 aliphatic rings. The van der Waals surface area contributed by atoms with Crippen molar-refractivity contribution in [3.05, 3.63) is 29.8 Å². The number of nitrogens with two attached hydrogens (primary N) is 2. The van der Waals surface area contributed by atoms with Gasteiger partial charge in [0.1, 0.15) is 30.0 Å². The number of hydrogen-bond donors (Lipinski definition) is 4. The van der Waals surface area contributed by atoms with Crippen LogP contribution in [0.3, 0.4) is 0 Å². The molecule has 0 bridgehead atoms. The molecule has 2 rings (SSSR count). The zero-order valence-corrected chi connectivity index (χ0v) is 15.1. The second kappa shape index (κ2) is 9.45. The average Bonchev–Trinajstić information content (AvgIpc) is 3.17. The quantitative estimate of drug-likeness (QED) is 0.347. The van der Waals surface area contributed by atoms with Crippen LogP contribution in [0.5, 0.6) is 5.75 Å².